The van der Waals surface area contributed by atoms with Gasteiger partial charge in [-0.3, -0.25) is 19.6 Å². The zero-order valence-electron chi connectivity index (χ0n) is 13.7. The van der Waals surface area contributed by atoms with Crippen LogP contribution in [0.1, 0.15) is 28.7 Å². The summed E-state index contributed by atoms with van der Waals surface area (Å²) in [5, 5.41) is 17.9. The molecule has 128 valence electrons. The van der Waals surface area contributed by atoms with E-state index in [1.54, 1.807) is 0 Å². The lowest BCUT2D eigenvalue weighted by atomic mass is 10.1. The summed E-state index contributed by atoms with van der Waals surface area (Å²) >= 11 is 5.96. The molecule has 24 heavy (non-hydrogen) atoms. The second-order valence-corrected chi connectivity index (χ2v) is 6.25. The van der Waals surface area contributed by atoms with Crippen LogP contribution in [0.3, 0.4) is 0 Å². The van der Waals surface area contributed by atoms with Gasteiger partial charge >= 0.3 is 0 Å². The number of nitrogens with zero attached hydrogens (tertiary/aromatic N) is 3. The van der Waals surface area contributed by atoms with Gasteiger partial charge < -0.3 is 5.32 Å². The molecule has 7 nitrogen and oxygen atoms in total. The number of amides is 1. The fourth-order valence-corrected chi connectivity index (χ4v) is 2.64. The van der Waals surface area contributed by atoms with Gasteiger partial charge in [-0.1, -0.05) is 18.5 Å². The third-order valence-corrected chi connectivity index (χ3v) is 3.92. The molecular weight excluding hydrogens is 332 g/mol. The molecule has 0 aliphatic carbocycles. The SMILES string of the molecule is Cc1cc(C)n(CC(C)CNC(=O)c2ccc([N+](=O)[O-])cc2Cl)n1. The highest BCUT2D eigenvalue weighted by Gasteiger charge is 2.16. The lowest BCUT2D eigenvalue weighted by Crippen LogP contribution is -2.30. The molecule has 2 rings (SSSR count). The van der Waals surface area contributed by atoms with E-state index in [0.717, 1.165) is 11.4 Å². The zero-order valence-corrected chi connectivity index (χ0v) is 14.5. The maximum Gasteiger partial charge on any atom is 0.270 e. The first-order valence-electron chi connectivity index (χ1n) is 7.51. The second-order valence-electron chi connectivity index (χ2n) is 5.85. The van der Waals surface area contributed by atoms with Gasteiger partial charge in [-0.05, 0) is 31.9 Å². The summed E-state index contributed by atoms with van der Waals surface area (Å²) in [5.41, 5.74) is 2.11. The molecule has 0 bridgehead atoms. The summed E-state index contributed by atoms with van der Waals surface area (Å²) in [5.74, 6) is -0.182. The van der Waals surface area contributed by atoms with E-state index in [0.29, 0.717) is 13.1 Å². The highest BCUT2D eigenvalue weighted by atomic mass is 35.5. The Kier molecular flexibility index (Phi) is 5.56. The van der Waals surface area contributed by atoms with Crippen molar-refractivity contribution in [3.05, 3.63) is 56.4 Å². The van der Waals surface area contributed by atoms with Crippen LogP contribution in [-0.4, -0.2) is 27.2 Å². The van der Waals surface area contributed by atoms with Gasteiger partial charge in [0.2, 0.25) is 0 Å². The maximum absolute atomic E-state index is 12.2. The number of aromatic nitrogens is 2. The Hall–Kier alpha value is -2.41. The number of benzene rings is 1. The molecule has 0 fully saturated rings. The third-order valence-electron chi connectivity index (χ3n) is 3.61. The third kappa shape index (κ3) is 4.32. The molecule has 1 amide bonds. The smallest absolute Gasteiger partial charge is 0.270 e. The Balaban J connectivity index is 1.95. The molecule has 0 radical (unpaired) electrons. The van der Waals surface area contributed by atoms with Crippen LogP contribution in [0, 0.1) is 29.9 Å². The monoisotopic (exact) mass is 350 g/mol. The molecule has 2 aromatic rings. The fraction of sp³-hybridized carbons (Fsp3) is 0.375. The van der Waals surface area contributed by atoms with Gasteiger partial charge in [0.25, 0.3) is 11.6 Å². The first-order valence-corrected chi connectivity index (χ1v) is 7.89. The van der Waals surface area contributed by atoms with Crippen LogP contribution >= 0.6 is 11.6 Å². The summed E-state index contributed by atoms with van der Waals surface area (Å²) in [6, 6.07) is 5.80. The second kappa shape index (κ2) is 7.44. The van der Waals surface area contributed by atoms with Gasteiger partial charge in [0, 0.05) is 30.9 Å². The Labute approximate surface area is 144 Å². The standard InChI is InChI=1S/C16H19ClN4O3/c1-10(9-20-12(3)6-11(2)19-20)8-18-16(22)14-5-4-13(21(23)24)7-15(14)17/h4-7,10H,8-9H2,1-3H3,(H,18,22). The molecule has 1 aromatic carbocycles. The zero-order chi connectivity index (χ0) is 17.9. The predicted molar refractivity (Wildman–Crippen MR) is 91.3 cm³/mol. The van der Waals surface area contributed by atoms with Gasteiger partial charge in [0.15, 0.2) is 0 Å². The molecule has 8 heteroatoms. The van der Waals surface area contributed by atoms with Crippen molar-refractivity contribution in [2.75, 3.05) is 6.54 Å². The molecule has 1 heterocycles. The molecule has 1 aromatic heterocycles. The number of nitro groups is 1. The molecule has 0 aliphatic rings. The van der Waals surface area contributed by atoms with Gasteiger partial charge in [-0.15, -0.1) is 0 Å². The lowest BCUT2D eigenvalue weighted by molar-refractivity contribution is -0.384. The normalized spacial score (nSPS) is 12.0. The quantitative estimate of drug-likeness (QED) is 0.640. The van der Waals surface area contributed by atoms with E-state index in [2.05, 4.69) is 10.4 Å². The van der Waals surface area contributed by atoms with Crippen molar-refractivity contribution in [2.24, 2.45) is 5.92 Å². The molecule has 0 aliphatic heterocycles. The van der Waals surface area contributed by atoms with Crippen LogP contribution in [0.2, 0.25) is 5.02 Å². The van der Waals surface area contributed by atoms with Crippen molar-refractivity contribution in [2.45, 2.75) is 27.3 Å². The molecule has 1 atom stereocenters. The van der Waals surface area contributed by atoms with E-state index < -0.39 is 4.92 Å². The number of halogens is 1. The number of non-ortho nitro benzene ring substituents is 1. The maximum atomic E-state index is 12.2. The van der Waals surface area contributed by atoms with Crippen molar-refractivity contribution in [3.63, 3.8) is 0 Å². The fourth-order valence-electron chi connectivity index (χ4n) is 2.38. The van der Waals surface area contributed by atoms with Crippen LogP contribution in [0.5, 0.6) is 0 Å². The predicted octanol–water partition coefficient (Wildman–Crippen LogP) is 3.13. The van der Waals surface area contributed by atoms with E-state index in [1.165, 1.54) is 18.2 Å². The van der Waals surface area contributed by atoms with Gasteiger partial charge in [0.1, 0.15) is 0 Å². The summed E-state index contributed by atoms with van der Waals surface area (Å²) in [6.07, 6.45) is 0. The van der Waals surface area contributed by atoms with Crippen molar-refractivity contribution in [3.8, 4) is 0 Å². The topological polar surface area (TPSA) is 90.1 Å². The molecular formula is C16H19ClN4O3. The van der Waals surface area contributed by atoms with Crippen LogP contribution in [0.4, 0.5) is 5.69 Å². The van der Waals surface area contributed by atoms with Gasteiger partial charge in [-0.2, -0.15) is 5.10 Å². The minimum absolute atomic E-state index is 0.0629. The van der Waals surface area contributed by atoms with Crippen molar-refractivity contribution < 1.29 is 9.72 Å². The van der Waals surface area contributed by atoms with Gasteiger partial charge in [0.05, 0.1) is 21.2 Å². The van der Waals surface area contributed by atoms with E-state index in [1.807, 2.05) is 31.5 Å². The van der Waals surface area contributed by atoms with Crippen LogP contribution < -0.4 is 5.32 Å². The summed E-state index contributed by atoms with van der Waals surface area (Å²) in [4.78, 5) is 22.3. The summed E-state index contributed by atoms with van der Waals surface area (Å²) in [6.45, 7) is 7.07. The Bertz CT molecular complexity index is 773. The Morgan fingerprint density at radius 2 is 2.12 bits per heavy atom. The Morgan fingerprint density at radius 3 is 2.67 bits per heavy atom. The number of carbonyl (C=O) groups is 1. The molecule has 0 spiro atoms. The average molecular weight is 351 g/mol. The molecule has 1 N–H and O–H groups in total. The first kappa shape index (κ1) is 17.9. The number of nitro benzene ring substituents is 1. The minimum Gasteiger partial charge on any atom is -0.352 e. The molecule has 0 saturated carbocycles. The average Bonchev–Trinajstić information content (AvgIpc) is 2.82. The number of hydrogen-bond acceptors (Lipinski definition) is 4. The Morgan fingerprint density at radius 1 is 1.42 bits per heavy atom. The largest absolute Gasteiger partial charge is 0.352 e. The number of aryl methyl sites for hydroxylation is 2. The highest BCUT2D eigenvalue weighted by molar-refractivity contribution is 6.34. The number of hydrogen-bond donors (Lipinski definition) is 1. The van der Waals surface area contributed by atoms with Crippen LogP contribution in [-0.2, 0) is 6.54 Å². The van der Waals surface area contributed by atoms with E-state index in [4.69, 9.17) is 11.6 Å². The number of carbonyl (C=O) groups excluding carboxylic acids is 1. The number of rotatable bonds is 6. The minimum atomic E-state index is -0.552. The van der Waals surface area contributed by atoms with Crippen LogP contribution in [0.15, 0.2) is 24.3 Å². The summed E-state index contributed by atoms with van der Waals surface area (Å²) in [7, 11) is 0. The van der Waals surface area contributed by atoms with Crippen molar-refractivity contribution in [1.29, 1.82) is 0 Å². The van der Waals surface area contributed by atoms with E-state index in [-0.39, 0.29) is 28.1 Å². The first-order chi connectivity index (χ1) is 11.3. The van der Waals surface area contributed by atoms with E-state index in [9.17, 15) is 14.9 Å². The molecule has 0 saturated heterocycles. The van der Waals surface area contributed by atoms with Gasteiger partial charge in [-0.25, -0.2) is 0 Å². The highest BCUT2D eigenvalue weighted by Crippen LogP contribution is 2.22. The summed E-state index contributed by atoms with van der Waals surface area (Å²) < 4.78 is 1.91. The molecule has 1 unspecified atom stereocenters. The van der Waals surface area contributed by atoms with Crippen molar-refractivity contribution in [1.82, 2.24) is 15.1 Å². The van der Waals surface area contributed by atoms with Crippen LogP contribution in [0.25, 0.3) is 0 Å². The van der Waals surface area contributed by atoms with Crippen molar-refractivity contribution >= 4 is 23.2 Å². The lowest BCUT2D eigenvalue weighted by Gasteiger charge is -2.14. The number of nitrogens with one attached hydrogen (secondary N) is 1. The van der Waals surface area contributed by atoms with E-state index >= 15 is 0 Å².